The molecule has 9 heteroatoms. The lowest BCUT2D eigenvalue weighted by Gasteiger charge is -2.10. The lowest BCUT2D eigenvalue weighted by atomic mass is 10.0. The number of carbonyl (C=O) groups is 2. The quantitative estimate of drug-likeness (QED) is 0.0335. The molecule has 0 aromatic heterocycles. The Morgan fingerprint density at radius 1 is 0.750 bits per heavy atom. The maximum atomic E-state index is 12.8. The summed E-state index contributed by atoms with van der Waals surface area (Å²) in [5.41, 5.74) is 1.77. The highest BCUT2D eigenvalue weighted by atomic mass is 16.6. The molecule has 234 valence electrons. The first-order valence-corrected chi connectivity index (χ1v) is 15.1. The molecule has 0 spiro atoms. The minimum Gasteiger partial charge on any atom is -0.494 e. The predicted molar refractivity (Wildman–Crippen MR) is 169 cm³/mol. The SMILES string of the molecule is C=C(C)C(=O)OCCCCCCCCOc1ccc(C(=O)Oc2ccc(-c3ccc(OCCCC)cc3)cc2[N+](=O)[O-])cc1. The molecule has 0 saturated heterocycles. The van der Waals surface area contributed by atoms with E-state index >= 15 is 0 Å². The van der Waals surface area contributed by atoms with E-state index in [4.69, 9.17) is 18.9 Å². The third kappa shape index (κ3) is 11.2. The smallest absolute Gasteiger partial charge is 0.343 e. The van der Waals surface area contributed by atoms with Gasteiger partial charge in [0.25, 0.3) is 0 Å². The van der Waals surface area contributed by atoms with Crippen LogP contribution in [0, 0.1) is 10.1 Å². The summed E-state index contributed by atoms with van der Waals surface area (Å²) >= 11 is 0. The number of hydrogen-bond acceptors (Lipinski definition) is 8. The van der Waals surface area contributed by atoms with E-state index < -0.39 is 10.9 Å². The van der Waals surface area contributed by atoms with Crippen LogP contribution in [-0.2, 0) is 9.53 Å². The van der Waals surface area contributed by atoms with E-state index in [1.54, 1.807) is 37.3 Å². The Kier molecular flexibility index (Phi) is 13.9. The van der Waals surface area contributed by atoms with Gasteiger partial charge >= 0.3 is 17.6 Å². The van der Waals surface area contributed by atoms with E-state index in [-0.39, 0.29) is 23.0 Å². The van der Waals surface area contributed by atoms with Gasteiger partial charge in [-0.2, -0.15) is 0 Å². The summed E-state index contributed by atoms with van der Waals surface area (Å²) in [5.74, 6) is 0.195. The fourth-order valence-corrected chi connectivity index (χ4v) is 4.24. The zero-order chi connectivity index (χ0) is 31.7. The van der Waals surface area contributed by atoms with Crippen molar-refractivity contribution in [3.63, 3.8) is 0 Å². The molecule has 0 radical (unpaired) electrons. The normalized spacial score (nSPS) is 10.6. The Labute approximate surface area is 258 Å². The maximum absolute atomic E-state index is 12.8. The molecule has 0 bridgehead atoms. The molecule has 3 aromatic rings. The van der Waals surface area contributed by atoms with Crippen LogP contribution in [0.3, 0.4) is 0 Å². The van der Waals surface area contributed by atoms with E-state index in [0.29, 0.717) is 36.7 Å². The summed E-state index contributed by atoms with van der Waals surface area (Å²) < 4.78 is 21.9. The van der Waals surface area contributed by atoms with Gasteiger partial charge in [0.05, 0.1) is 30.3 Å². The second-order valence-electron chi connectivity index (χ2n) is 10.5. The van der Waals surface area contributed by atoms with E-state index in [9.17, 15) is 19.7 Å². The van der Waals surface area contributed by atoms with Crippen LogP contribution in [0.5, 0.6) is 17.2 Å². The highest BCUT2D eigenvalue weighted by molar-refractivity contribution is 5.92. The molecule has 0 aliphatic carbocycles. The van der Waals surface area contributed by atoms with Crippen molar-refractivity contribution in [1.82, 2.24) is 0 Å². The van der Waals surface area contributed by atoms with Crippen LogP contribution in [0.25, 0.3) is 11.1 Å². The summed E-state index contributed by atoms with van der Waals surface area (Å²) in [6.07, 6.45) is 7.89. The molecular formula is C35H41NO8. The second kappa shape index (κ2) is 18.1. The predicted octanol–water partition coefficient (Wildman–Crippen LogP) is 8.50. The summed E-state index contributed by atoms with van der Waals surface area (Å²) in [7, 11) is 0. The van der Waals surface area contributed by atoms with Crippen molar-refractivity contribution >= 4 is 17.6 Å². The monoisotopic (exact) mass is 603 g/mol. The van der Waals surface area contributed by atoms with Crippen molar-refractivity contribution in [2.75, 3.05) is 19.8 Å². The topological polar surface area (TPSA) is 114 Å². The molecule has 0 heterocycles. The molecule has 0 atom stereocenters. The van der Waals surface area contributed by atoms with Gasteiger partial charge in [0.2, 0.25) is 5.75 Å². The molecule has 0 unspecified atom stereocenters. The molecule has 0 aliphatic heterocycles. The summed E-state index contributed by atoms with van der Waals surface area (Å²) in [6, 6.07) is 18.3. The first-order valence-electron chi connectivity index (χ1n) is 15.1. The van der Waals surface area contributed by atoms with Crippen LogP contribution in [0.15, 0.2) is 78.9 Å². The van der Waals surface area contributed by atoms with Crippen molar-refractivity contribution in [2.45, 2.75) is 65.2 Å². The van der Waals surface area contributed by atoms with Gasteiger partial charge in [-0.15, -0.1) is 0 Å². The Balaban J connectivity index is 1.43. The Morgan fingerprint density at radius 3 is 1.89 bits per heavy atom. The zero-order valence-corrected chi connectivity index (χ0v) is 25.5. The second-order valence-corrected chi connectivity index (χ2v) is 10.5. The molecule has 9 nitrogen and oxygen atoms in total. The minimum absolute atomic E-state index is 0.128. The van der Waals surface area contributed by atoms with Crippen molar-refractivity contribution in [3.05, 3.63) is 94.6 Å². The third-order valence-electron chi connectivity index (χ3n) is 6.79. The fourth-order valence-electron chi connectivity index (χ4n) is 4.24. The average molecular weight is 604 g/mol. The number of carbonyl (C=O) groups excluding carboxylic acids is 2. The van der Waals surface area contributed by atoms with Gasteiger partial charge in [0.1, 0.15) is 11.5 Å². The fraction of sp³-hybridized carbons (Fsp3) is 0.371. The Morgan fingerprint density at radius 2 is 1.30 bits per heavy atom. The van der Waals surface area contributed by atoms with Crippen LogP contribution < -0.4 is 14.2 Å². The summed E-state index contributed by atoms with van der Waals surface area (Å²) in [6.45, 7) is 8.90. The van der Waals surface area contributed by atoms with Crippen molar-refractivity contribution in [2.24, 2.45) is 0 Å². The van der Waals surface area contributed by atoms with E-state index in [1.165, 1.54) is 12.1 Å². The van der Waals surface area contributed by atoms with E-state index in [1.807, 2.05) is 24.3 Å². The highest BCUT2D eigenvalue weighted by Gasteiger charge is 2.20. The molecule has 0 amide bonds. The number of ether oxygens (including phenoxy) is 4. The number of nitro benzene ring substituents is 1. The molecule has 3 rings (SSSR count). The number of esters is 2. The average Bonchev–Trinajstić information content (AvgIpc) is 3.02. The van der Waals surface area contributed by atoms with Crippen LogP contribution >= 0.6 is 0 Å². The molecule has 0 N–H and O–H groups in total. The third-order valence-corrected chi connectivity index (χ3v) is 6.79. The van der Waals surface area contributed by atoms with Crippen molar-refractivity contribution in [1.29, 1.82) is 0 Å². The van der Waals surface area contributed by atoms with Gasteiger partial charge in [-0.3, -0.25) is 10.1 Å². The minimum atomic E-state index is -0.699. The van der Waals surface area contributed by atoms with Crippen molar-refractivity contribution < 1.29 is 33.5 Å². The van der Waals surface area contributed by atoms with Crippen LogP contribution in [0.4, 0.5) is 5.69 Å². The molecule has 44 heavy (non-hydrogen) atoms. The van der Waals surface area contributed by atoms with Crippen LogP contribution in [0.1, 0.15) is 75.6 Å². The number of unbranched alkanes of at least 4 members (excludes halogenated alkanes) is 6. The standard InChI is InChI=1S/C35H41NO8/c1-4-5-22-41-30-17-12-27(13-18-30)29-16-21-33(32(25-29)36(39)40)44-35(38)28-14-19-31(20-15-28)42-23-10-8-6-7-9-11-24-43-34(37)26(2)3/h12-21,25H,2,4-11,22-24H2,1,3H3. The number of nitrogens with zero attached hydrogens (tertiary/aromatic N) is 1. The first kappa shape index (κ1) is 33.8. The highest BCUT2D eigenvalue weighted by Crippen LogP contribution is 2.33. The summed E-state index contributed by atoms with van der Waals surface area (Å²) in [5, 5.41) is 11.8. The molecule has 3 aromatic carbocycles. The molecule has 0 fully saturated rings. The number of benzene rings is 3. The lowest BCUT2D eigenvalue weighted by Crippen LogP contribution is -2.10. The van der Waals surface area contributed by atoms with E-state index in [2.05, 4.69) is 13.5 Å². The van der Waals surface area contributed by atoms with Crippen LogP contribution in [-0.4, -0.2) is 36.7 Å². The lowest BCUT2D eigenvalue weighted by molar-refractivity contribution is -0.385. The molecule has 0 aliphatic rings. The number of rotatable bonds is 19. The zero-order valence-electron chi connectivity index (χ0n) is 25.5. The van der Waals surface area contributed by atoms with E-state index in [0.717, 1.165) is 62.7 Å². The van der Waals surface area contributed by atoms with Gasteiger partial charge in [-0.25, -0.2) is 9.59 Å². The Hall–Kier alpha value is -4.66. The molecule has 0 saturated carbocycles. The van der Waals surface area contributed by atoms with Gasteiger partial charge < -0.3 is 18.9 Å². The largest absolute Gasteiger partial charge is 0.494 e. The Bertz CT molecular complexity index is 1380. The number of hydrogen-bond donors (Lipinski definition) is 0. The van der Waals surface area contributed by atoms with Crippen molar-refractivity contribution in [3.8, 4) is 28.4 Å². The number of nitro groups is 1. The molecular weight excluding hydrogens is 562 g/mol. The van der Waals surface area contributed by atoms with Gasteiger partial charge in [0, 0.05) is 11.6 Å². The maximum Gasteiger partial charge on any atom is 0.343 e. The van der Waals surface area contributed by atoms with Gasteiger partial charge in [-0.05, 0) is 79.8 Å². The summed E-state index contributed by atoms with van der Waals surface area (Å²) in [4.78, 5) is 35.3. The van der Waals surface area contributed by atoms with Crippen LogP contribution in [0.2, 0.25) is 0 Å². The van der Waals surface area contributed by atoms with Gasteiger partial charge in [-0.1, -0.05) is 63.8 Å². The first-order chi connectivity index (χ1) is 21.3. The van der Waals surface area contributed by atoms with Gasteiger partial charge in [0.15, 0.2) is 0 Å².